The van der Waals surface area contributed by atoms with Gasteiger partial charge >= 0.3 is 5.97 Å². The molecule has 26 heavy (non-hydrogen) atoms. The summed E-state index contributed by atoms with van der Waals surface area (Å²) in [5.74, 6) is 5.18. The van der Waals surface area contributed by atoms with Crippen LogP contribution in [0.5, 0.6) is 0 Å². The fourth-order valence-corrected chi connectivity index (χ4v) is 3.50. The van der Waals surface area contributed by atoms with Crippen LogP contribution < -0.4 is 17.0 Å². The molecule has 0 saturated carbocycles. The minimum Gasteiger partial charge on any atom is -0.461 e. The molecule has 5 nitrogen and oxygen atoms in total. The number of carbonyl (C=O) groups excluding carboxylic acids is 1. The molecule has 2 aromatic rings. The van der Waals surface area contributed by atoms with E-state index in [0.717, 1.165) is 16.0 Å². The van der Waals surface area contributed by atoms with Crippen molar-refractivity contribution in [2.45, 2.75) is 11.8 Å². The highest BCUT2D eigenvalue weighted by Gasteiger charge is 2.14. The smallest absolute Gasteiger partial charge is 0.357 e. The minimum atomic E-state index is -0.568. The molecule has 0 saturated heterocycles. The maximum Gasteiger partial charge on any atom is 0.357 e. The number of nitrogens with one attached hydrogen (secondary N) is 1. The molecule has 0 amide bonds. The lowest BCUT2D eigenvalue weighted by atomic mass is 10.1. The van der Waals surface area contributed by atoms with Crippen LogP contribution in [0.25, 0.3) is 11.1 Å². The summed E-state index contributed by atoms with van der Waals surface area (Å²) in [7, 11) is 0. The van der Waals surface area contributed by atoms with Gasteiger partial charge in [0.1, 0.15) is 0 Å². The lowest BCUT2D eigenvalue weighted by Crippen LogP contribution is -2.32. The Labute approximate surface area is 166 Å². The van der Waals surface area contributed by atoms with E-state index in [-0.39, 0.29) is 12.3 Å². The first-order chi connectivity index (χ1) is 12.4. The first kappa shape index (κ1) is 20.5. The van der Waals surface area contributed by atoms with E-state index in [4.69, 9.17) is 39.5 Å². The quantitative estimate of drug-likeness (QED) is 0.210. The molecule has 2 aromatic carbocycles. The van der Waals surface area contributed by atoms with Gasteiger partial charge in [-0.3, -0.25) is 5.84 Å². The van der Waals surface area contributed by atoms with Crippen molar-refractivity contribution in [3.05, 3.63) is 63.9 Å². The number of nitrogens with two attached hydrogens (primary N) is 2. The van der Waals surface area contributed by atoms with Crippen LogP contribution in [0.4, 0.5) is 0 Å². The van der Waals surface area contributed by atoms with E-state index in [1.54, 1.807) is 13.0 Å². The summed E-state index contributed by atoms with van der Waals surface area (Å²) in [6.07, 6.45) is 0. The molecular weight excluding hydrogens is 393 g/mol. The van der Waals surface area contributed by atoms with E-state index in [1.807, 2.05) is 36.4 Å². The summed E-state index contributed by atoms with van der Waals surface area (Å²) < 4.78 is 4.90. The summed E-state index contributed by atoms with van der Waals surface area (Å²) in [6.45, 7) is 1.96. The summed E-state index contributed by atoms with van der Waals surface area (Å²) in [4.78, 5) is 12.7. The van der Waals surface area contributed by atoms with Crippen molar-refractivity contribution in [2.75, 3.05) is 12.4 Å². The van der Waals surface area contributed by atoms with Crippen molar-refractivity contribution >= 4 is 40.9 Å². The first-order valence-corrected chi connectivity index (χ1v) is 9.50. The third-order valence-electron chi connectivity index (χ3n) is 3.39. The van der Waals surface area contributed by atoms with Crippen molar-refractivity contribution in [3.63, 3.8) is 0 Å². The van der Waals surface area contributed by atoms with Gasteiger partial charge < -0.3 is 15.9 Å². The van der Waals surface area contributed by atoms with E-state index in [0.29, 0.717) is 21.5 Å². The van der Waals surface area contributed by atoms with Gasteiger partial charge in [0.25, 0.3) is 0 Å². The molecule has 8 heteroatoms. The Bertz CT molecular complexity index is 790. The Hall–Kier alpha value is -1.86. The van der Waals surface area contributed by atoms with Crippen LogP contribution in [0.3, 0.4) is 0 Å². The topological polar surface area (TPSA) is 90.4 Å². The van der Waals surface area contributed by atoms with Gasteiger partial charge in [-0.15, -0.1) is 11.8 Å². The molecule has 0 aliphatic rings. The van der Waals surface area contributed by atoms with Crippen LogP contribution in [0.15, 0.2) is 58.8 Å². The zero-order valence-corrected chi connectivity index (χ0v) is 16.4. The van der Waals surface area contributed by atoms with Crippen molar-refractivity contribution in [1.82, 2.24) is 5.43 Å². The number of hydrazine groups is 1. The van der Waals surface area contributed by atoms with E-state index >= 15 is 0 Å². The van der Waals surface area contributed by atoms with Crippen LogP contribution in [0.1, 0.15) is 6.92 Å². The van der Waals surface area contributed by atoms with Gasteiger partial charge in [0.2, 0.25) is 0 Å². The van der Waals surface area contributed by atoms with Crippen molar-refractivity contribution in [2.24, 2.45) is 11.6 Å². The van der Waals surface area contributed by atoms with Crippen LogP contribution in [-0.4, -0.2) is 18.3 Å². The number of hydrogen-bond donors (Lipinski definition) is 3. The maximum atomic E-state index is 11.8. The Balaban J connectivity index is 2.08. The number of thioether (sulfide) groups is 1. The summed E-state index contributed by atoms with van der Waals surface area (Å²) in [5.41, 5.74) is 10.6. The lowest BCUT2D eigenvalue weighted by Gasteiger charge is -2.10. The standard InChI is InChI=1S/C18H19Cl2N3O2S/c1-2-25-18(24)17(23-22)16(21)10-26-15-5-3-11(4-6-15)12-7-13(19)9-14(20)8-12/h3-9,23H,2,10,21-22H2,1H3/b17-16-. The average Bonchev–Trinajstić information content (AvgIpc) is 2.60. The second kappa shape index (κ2) is 9.73. The Morgan fingerprint density at radius 2 is 1.73 bits per heavy atom. The molecule has 5 N–H and O–H groups in total. The molecular formula is C18H19Cl2N3O2S. The number of ether oxygens (including phenoxy) is 1. The Kier molecular flexibility index (Phi) is 7.66. The van der Waals surface area contributed by atoms with E-state index in [1.165, 1.54) is 11.8 Å². The lowest BCUT2D eigenvalue weighted by molar-refractivity contribution is -0.139. The second-order valence-electron chi connectivity index (χ2n) is 5.24. The number of rotatable bonds is 7. The summed E-state index contributed by atoms with van der Waals surface area (Å²) >= 11 is 13.6. The molecule has 0 bridgehead atoms. The predicted octanol–water partition coefficient (Wildman–Crippen LogP) is 3.95. The van der Waals surface area contributed by atoms with E-state index < -0.39 is 5.97 Å². The molecule has 0 heterocycles. The van der Waals surface area contributed by atoms with Crippen LogP contribution >= 0.6 is 35.0 Å². The molecule has 0 aromatic heterocycles. The highest BCUT2D eigenvalue weighted by Crippen LogP contribution is 2.29. The molecule has 0 atom stereocenters. The van der Waals surface area contributed by atoms with Gasteiger partial charge in [-0.05, 0) is 48.4 Å². The highest BCUT2D eigenvalue weighted by atomic mass is 35.5. The fraction of sp³-hybridized carbons (Fsp3) is 0.167. The molecule has 0 fully saturated rings. The number of esters is 1. The molecule has 0 aliphatic heterocycles. The van der Waals surface area contributed by atoms with Gasteiger partial charge in [-0.2, -0.15) is 0 Å². The fourth-order valence-electron chi connectivity index (χ4n) is 2.18. The normalized spacial score (nSPS) is 11.7. The van der Waals surface area contributed by atoms with Crippen LogP contribution in [-0.2, 0) is 9.53 Å². The van der Waals surface area contributed by atoms with Gasteiger partial charge in [-0.1, -0.05) is 35.3 Å². The molecule has 0 aliphatic carbocycles. The molecule has 0 radical (unpaired) electrons. The van der Waals surface area contributed by atoms with Gasteiger partial charge in [0.05, 0.1) is 12.3 Å². The first-order valence-electron chi connectivity index (χ1n) is 7.76. The molecule has 2 rings (SSSR count). The van der Waals surface area contributed by atoms with E-state index in [2.05, 4.69) is 5.43 Å². The van der Waals surface area contributed by atoms with Crippen molar-refractivity contribution < 1.29 is 9.53 Å². The number of halogens is 2. The van der Waals surface area contributed by atoms with Gasteiger partial charge in [-0.25, -0.2) is 4.79 Å². The number of hydrogen-bond acceptors (Lipinski definition) is 6. The highest BCUT2D eigenvalue weighted by molar-refractivity contribution is 7.99. The van der Waals surface area contributed by atoms with Gasteiger partial charge in [0.15, 0.2) is 5.70 Å². The molecule has 138 valence electrons. The number of benzene rings is 2. The summed E-state index contributed by atoms with van der Waals surface area (Å²) in [6, 6.07) is 13.3. The zero-order chi connectivity index (χ0) is 19.1. The monoisotopic (exact) mass is 411 g/mol. The third kappa shape index (κ3) is 5.57. The third-order valence-corrected chi connectivity index (χ3v) is 4.89. The molecule has 0 unspecified atom stereocenters. The Morgan fingerprint density at radius 1 is 1.12 bits per heavy atom. The SMILES string of the molecule is CCOC(=O)/C(NN)=C(/N)CSc1ccc(-c2cc(Cl)cc(Cl)c2)cc1. The second-order valence-corrected chi connectivity index (χ2v) is 7.16. The molecule has 0 spiro atoms. The van der Waals surface area contributed by atoms with Crippen molar-refractivity contribution in [3.8, 4) is 11.1 Å². The summed E-state index contributed by atoms with van der Waals surface area (Å²) in [5, 5.41) is 1.18. The van der Waals surface area contributed by atoms with E-state index in [9.17, 15) is 4.79 Å². The zero-order valence-electron chi connectivity index (χ0n) is 14.1. The maximum absolute atomic E-state index is 11.8. The number of carbonyl (C=O) groups is 1. The Morgan fingerprint density at radius 3 is 2.27 bits per heavy atom. The van der Waals surface area contributed by atoms with Crippen molar-refractivity contribution in [1.29, 1.82) is 0 Å². The average molecular weight is 412 g/mol. The van der Waals surface area contributed by atoms with Gasteiger partial charge in [0, 0.05) is 20.7 Å². The largest absolute Gasteiger partial charge is 0.461 e. The predicted molar refractivity (Wildman–Crippen MR) is 108 cm³/mol. The van der Waals surface area contributed by atoms with Crippen LogP contribution in [0.2, 0.25) is 10.0 Å². The minimum absolute atomic E-state index is 0.0736. The van der Waals surface area contributed by atoms with Crippen LogP contribution in [0, 0.1) is 0 Å².